The van der Waals surface area contributed by atoms with E-state index < -0.39 is 0 Å². The van der Waals surface area contributed by atoms with Crippen molar-refractivity contribution in [2.24, 2.45) is 0 Å². The number of hydrogen-bond acceptors (Lipinski definition) is 7. The number of rotatable bonds is 6. The van der Waals surface area contributed by atoms with E-state index in [0.29, 0.717) is 24.9 Å². The van der Waals surface area contributed by atoms with Crippen LogP contribution in [-0.2, 0) is 16.9 Å². The first kappa shape index (κ1) is 19.1. The molecule has 4 aromatic rings. The van der Waals surface area contributed by atoms with E-state index in [-0.39, 0.29) is 0 Å². The van der Waals surface area contributed by atoms with Crippen molar-refractivity contribution in [3.8, 4) is 5.69 Å². The van der Waals surface area contributed by atoms with Gasteiger partial charge in [0.1, 0.15) is 5.52 Å². The highest BCUT2D eigenvalue weighted by Gasteiger charge is 2.22. The largest absolute Gasteiger partial charge is 0.440 e. The van der Waals surface area contributed by atoms with Gasteiger partial charge in [0.2, 0.25) is 11.8 Å². The Morgan fingerprint density at radius 1 is 1.03 bits per heavy atom. The topological polar surface area (TPSA) is 69.2 Å². The summed E-state index contributed by atoms with van der Waals surface area (Å²) in [5.41, 5.74) is 4.03. The Morgan fingerprint density at radius 2 is 1.90 bits per heavy atom. The quantitative estimate of drug-likeness (QED) is 0.434. The summed E-state index contributed by atoms with van der Waals surface area (Å²) in [4.78, 5) is 6.82. The second-order valence-corrected chi connectivity index (χ2v) is 8.05. The molecule has 1 aliphatic heterocycles. The number of hydrogen-bond donors (Lipinski definition) is 0. The van der Waals surface area contributed by atoms with Crippen molar-refractivity contribution in [3.05, 3.63) is 60.0 Å². The number of benzene rings is 2. The van der Waals surface area contributed by atoms with Crippen LogP contribution in [0.15, 0.2) is 58.1 Å². The Hall–Kier alpha value is -2.84. The summed E-state index contributed by atoms with van der Waals surface area (Å²) >= 11 is 1.58. The van der Waals surface area contributed by atoms with Crippen LogP contribution in [-0.4, -0.2) is 46.1 Å². The van der Waals surface area contributed by atoms with Crippen LogP contribution in [0.5, 0.6) is 0 Å². The lowest BCUT2D eigenvalue weighted by Crippen LogP contribution is -2.37. The average molecular weight is 422 g/mol. The van der Waals surface area contributed by atoms with Gasteiger partial charge in [-0.1, -0.05) is 43.0 Å². The summed E-state index contributed by atoms with van der Waals surface area (Å²) in [7, 11) is 0. The van der Waals surface area contributed by atoms with Gasteiger partial charge in [0.05, 0.1) is 24.7 Å². The Labute approximate surface area is 179 Å². The molecule has 0 amide bonds. The number of morpholine rings is 1. The Kier molecular flexibility index (Phi) is 5.42. The molecule has 3 heterocycles. The first-order valence-corrected chi connectivity index (χ1v) is 11.1. The van der Waals surface area contributed by atoms with Crippen LogP contribution in [0.2, 0.25) is 0 Å². The smallest absolute Gasteiger partial charge is 0.232 e. The van der Waals surface area contributed by atoms with Crippen molar-refractivity contribution in [3.63, 3.8) is 0 Å². The number of oxazole rings is 1. The van der Waals surface area contributed by atoms with Crippen molar-refractivity contribution >= 4 is 28.8 Å². The summed E-state index contributed by atoms with van der Waals surface area (Å²) in [6, 6.07) is 16.4. The van der Waals surface area contributed by atoms with Crippen molar-refractivity contribution < 1.29 is 9.15 Å². The monoisotopic (exact) mass is 421 g/mol. The standard InChI is InChI=1S/C22H23N5O2S/c1-2-16-6-5-7-17(14-16)27-21(26-10-12-28-13-11-26)24-25-22(27)30-15-20-23-18-8-3-4-9-19(18)29-20/h3-9,14H,2,10-13,15H2,1H3. The van der Waals surface area contributed by atoms with Crippen LogP contribution in [0.4, 0.5) is 5.95 Å². The van der Waals surface area contributed by atoms with Crippen LogP contribution in [0, 0.1) is 0 Å². The first-order valence-electron chi connectivity index (χ1n) is 10.2. The highest BCUT2D eigenvalue weighted by atomic mass is 32.2. The first-order chi connectivity index (χ1) is 14.8. The molecule has 0 unspecified atom stereocenters. The molecule has 0 radical (unpaired) electrons. The van der Waals surface area contributed by atoms with Crippen LogP contribution in [0.3, 0.4) is 0 Å². The molecule has 0 bridgehead atoms. The van der Waals surface area contributed by atoms with Crippen molar-refractivity contribution in [2.45, 2.75) is 24.3 Å². The number of thioether (sulfide) groups is 1. The molecule has 2 aromatic heterocycles. The van der Waals surface area contributed by atoms with E-state index in [9.17, 15) is 0 Å². The number of anilines is 1. The predicted molar refractivity (Wildman–Crippen MR) is 117 cm³/mol. The van der Waals surface area contributed by atoms with Crippen LogP contribution in [0.25, 0.3) is 16.8 Å². The maximum atomic E-state index is 5.88. The fourth-order valence-corrected chi connectivity index (χ4v) is 4.36. The van der Waals surface area contributed by atoms with E-state index in [1.54, 1.807) is 11.8 Å². The number of aromatic nitrogens is 4. The van der Waals surface area contributed by atoms with Gasteiger partial charge in [-0.05, 0) is 36.2 Å². The van der Waals surface area contributed by atoms with E-state index >= 15 is 0 Å². The molecule has 2 aromatic carbocycles. The average Bonchev–Trinajstić information content (AvgIpc) is 3.42. The summed E-state index contributed by atoms with van der Waals surface area (Å²) in [6.07, 6.45) is 0.980. The molecule has 0 saturated carbocycles. The molecule has 5 rings (SSSR count). The van der Waals surface area contributed by atoms with Crippen LogP contribution < -0.4 is 4.90 Å². The third-order valence-electron chi connectivity index (χ3n) is 5.15. The highest BCUT2D eigenvalue weighted by Crippen LogP contribution is 2.30. The van der Waals surface area contributed by atoms with Gasteiger partial charge in [-0.2, -0.15) is 0 Å². The number of aryl methyl sites for hydroxylation is 1. The fraction of sp³-hybridized carbons (Fsp3) is 0.318. The zero-order chi connectivity index (χ0) is 20.3. The lowest BCUT2D eigenvalue weighted by Gasteiger charge is -2.28. The minimum Gasteiger partial charge on any atom is -0.440 e. The molecular weight excluding hydrogens is 398 g/mol. The molecule has 7 nitrogen and oxygen atoms in total. The maximum absolute atomic E-state index is 5.88. The lowest BCUT2D eigenvalue weighted by atomic mass is 10.1. The van der Waals surface area contributed by atoms with Gasteiger partial charge in [-0.3, -0.25) is 4.57 Å². The molecule has 0 atom stereocenters. The third-order valence-corrected chi connectivity index (χ3v) is 6.06. The van der Waals surface area contributed by atoms with Gasteiger partial charge in [0.15, 0.2) is 10.7 Å². The fourth-order valence-electron chi connectivity index (χ4n) is 3.57. The SMILES string of the molecule is CCc1cccc(-n2c(SCc3nc4ccccc4o3)nnc2N2CCOCC2)c1. The second-order valence-electron chi connectivity index (χ2n) is 7.10. The van der Waals surface area contributed by atoms with Gasteiger partial charge in [-0.15, -0.1) is 10.2 Å². The molecular formula is C22H23N5O2S. The molecule has 1 saturated heterocycles. The minimum atomic E-state index is 0.587. The lowest BCUT2D eigenvalue weighted by molar-refractivity contribution is 0.122. The van der Waals surface area contributed by atoms with Crippen LogP contribution >= 0.6 is 11.8 Å². The van der Waals surface area contributed by atoms with Crippen LogP contribution in [0.1, 0.15) is 18.4 Å². The van der Waals surface area contributed by atoms with Crippen molar-refractivity contribution in [2.75, 3.05) is 31.2 Å². The third kappa shape index (κ3) is 3.80. The predicted octanol–water partition coefficient (Wildman–Crippen LogP) is 4.10. The maximum Gasteiger partial charge on any atom is 0.232 e. The number of para-hydroxylation sites is 2. The summed E-state index contributed by atoms with van der Waals surface area (Å²) in [5, 5.41) is 9.88. The summed E-state index contributed by atoms with van der Waals surface area (Å²) in [5.74, 6) is 2.13. The molecule has 154 valence electrons. The molecule has 30 heavy (non-hydrogen) atoms. The normalized spacial score (nSPS) is 14.5. The van der Waals surface area contributed by atoms with Crippen molar-refractivity contribution in [1.29, 1.82) is 0 Å². The Balaban J connectivity index is 1.48. The Morgan fingerprint density at radius 3 is 2.73 bits per heavy atom. The highest BCUT2D eigenvalue weighted by molar-refractivity contribution is 7.98. The van der Waals surface area contributed by atoms with Gasteiger partial charge in [0, 0.05) is 13.1 Å². The number of nitrogens with zero attached hydrogens (tertiary/aromatic N) is 5. The summed E-state index contributed by atoms with van der Waals surface area (Å²) < 4.78 is 13.5. The summed E-state index contributed by atoms with van der Waals surface area (Å²) in [6.45, 7) is 5.18. The van der Waals surface area contributed by atoms with Gasteiger partial charge < -0.3 is 14.1 Å². The minimum absolute atomic E-state index is 0.587. The molecule has 0 spiro atoms. The number of fused-ring (bicyclic) bond motifs is 1. The molecule has 1 fully saturated rings. The van der Waals surface area contributed by atoms with E-state index in [0.717, 1.165) is 47.4 Å². The van der Waals surface area contributed by atoms with E-state index in [1.165, 1.54) is 5.56 Å². The van der Waals surface area contributed by atoms with E-state index in [2.05, 4.69) is 55.8 Å². The number of ether oxygens (including phenoxy) is 1. The van der Waals surface area contributed by atoms with Gasteiger partial charge in [0.25, 0.3) is 0 Å². The second kappa shape index (κ2) is 8.49. The van der Waals surface area contributed by atoms with Crippen molar-refractivity contribution in [1.82, 2.24) is 19.7 Å². The van der Waals surface area contributed by atoms with Gasteiger partial charge in [-0.25, -0.2) is 4.98 Å². The van der Waals surface area contributed by atoms with Gasteiger partial charge >= 0.3 is 0 Å². The molecule has 1 aliphatic rings. The zero-order valence-electron chi connectivity index (χ0n) is 16.8. The molecule has 0 aliphatic carbocycles. The van der Waals surface area contributed by atoms with E-state index in [1.807, 2.05) is 24.3 Å². The molecule has 0 N–H and O–H groups in total. The molecule has 8 heteroatoms. The zero-order valence-corrected chi connectivity index (χ0v) is 17.6. The Bertz CT molecular complexity index is 1120. The van der Waals surface area contributed by atoms with E-state index in [4.69, 9.17) is 9.15 Å².